The normalized spacial score (nSPS) is 28.3. The number of fused-ring (bicyclic) bond motifs is 1. The maximum atomic E-state index is 13.4. The van der Waals surface area contributed by atoms with Crippen LogP contribution in [0, 0.1) is 11.8 Å². The molecule has 2 bridgehead atoms. The van der Waals surface area contributed by atoms with Crippen LogP contribution in [0.5, 0.6) is 5.75 Å². The number of nitrogens with zero attached hydrogens (tertiary/aromatic N) is 1. The summed E-state index contributed by atoms with van der Waals surface area (Å²) in [4.78, 5) is 28.4. The highest BCUT2D eigenvalue weighted by Gasteiger charge is 2.67. The topological polar surface area (TPSA) is 67.9 Å². The number of amides is 2. The summed E-state index contributed by atoms with van der Waals surface area (Å²) in [5.74, 6) is -0.179. The van der Waals surface area contributed by atoms with E-state index in [0.29, 0.717) is 12.5 Å². The van der Waals surface area contributed by atoms with E-state index in [1.54, 1.807) is 12.0 Å². The number of methoxy groups -OCH3 is 1. The third kappa shape index (κ3) is 3.13. The van der Waals surface area contributed by atoms with Gasteiger partial charge in [-0.05, 0) is 47.9 Å². The van der Waals surface area contributed by atoms with Gasteiger partial charge in [-0.3, -0.25) is 9.59 Å². The fraction of sp³-hybridized carbons (Fsp3) is 0.360. The summed E-state index contributed by atoms with van der Waals surface area (Å²) < 4.78 is 11.4. The smallest absolute Gasteiger partial charge is 0.234 e. The van der Waals surface area contributed by atoms with Crippen LogP contribution in [0.1, 0.15) is 25.3 Å². The molecule has 6 heteroatoms. The molecular formula is C25H26N2O4. The first-order valence-electron chi connectivity index (χ1n) is 10.7. The zero-order valence-electron chi connectivity index (χ0n) is 17.9. The Kier molecular flexibility index (Phi) is 4.63. The number of nitrogens with one attached hydrogen (secondary N) is 1. The maximum Gasteiger partial charge on any atom is 0.234 e. The summed E-state index contributed by atoms with van der Waals surface area (Å²) in [6.45, 7) is 4.67. The van der Waals surface area contributed by atoms with E-state index in [1.807, 2.05) is 60.7 Å². The molecule has 2 aromatic carbocycles. The van der Waals surface area contributed by atoms with Gasteiger partial charge in [0.25, 0.3) is 0 Å². The summed E-state index contributed by atoms with van der Waals surface area (Å²) in [6.07, 6.45) is 3.51. The van der Waals surface area contributed by atoms with Crippen LogP contribution >= 0.6 is 0 Å². The third-order valence-electron chi connectivity index (χ3n) is 6.63. The van der Waals surface area contributed by atoms with Crippen molar-refractivity contribution >= 4 is 23.2 Å². The van der Waals surface area contributed by atoms with Crippen molar-refractivity contribution in [3.63, 3.8) is 0 Å². The standard InChI is InChI=1S/C25H26N2O4/c1-15(2)16-4-6-17(7-5-16)26-23(28)21-20-12-13-25(31-20)14-27(24(29)22(21)25)18-8-10-19(30-3)11-9-18/h4-13,15,20-22H,14H2,1-3H3,(H,26,28)/t20-,21+,22-,25-/m1/s1. The molecule has 3 heterocycles. The van der Waals surface area contributed by atoms with Gasteiger partial charge in [0.15, 0.2) is 0 Å². The van der Waals surface area contributed by atoms with Crippen LogP contribution in [0.2, 0.25) is 0 Å². The second-order valence-electron chi connectivity index (χ2n) is 8.79. The molecule has 0 radical (unpaired) electrons. The molecule has 2 aromatic rings. The first kappa shape index (κ1) is 19.8. The van der Waals surface area contributed by atoms with Crippen molar-refractivity contribution in [3.8, 4) is 5.75 Å². The highest BCUT2D eigenvalue weighted by atomic mass is 16.5. The van der Waals surface area contributed by atoms with Gasteiger partial charge in [-0.15, -0.1) is 0 Å². The lowest BCUT2D eigenvalue weighted by atomic mass is 9.76. The molecule has 160 valence electrons. The minimum absolute atomic E-state index is 0.0766. The van der Waals surface area contributed by atoms with Crippen molar-refractivity contribution < 1.29 is 19.1 Å². The van der Waals surface area contributed by atoms with Gasteiger partial charge in [0.1, 0.15) is 11.4 Å². The average molecular weight is 418 g/mol. The molecule has 3 aliphatic heterocycles. The molecule has 3 aliphatic rings. The van der Waals surface area contributed by atoms with Gasteiger partial charge in [-0.1, -0.05) is 38.1 Å². The Morgan fingerprint density at radius 3 is 2.52 bits per heavy atom. The number of hydrogen-bond donors (Lipinski definition) is 1. The minimum atomic E-state index is -0.745. The molecule has 2 amide bonds. The van der Waals surface area contributed by atoms with Crippen LogP contribution in [0.4, 0.5) is 11.4 Å². The number of carbonyl (C=O) groups is 2. The van der Waals surface area contributed by atoms with E-state index in [9.17, 15) is 9.59 Å². The van der Waals surface area contributed by atoms with Crippen LogP contribution in [-0.2, 0) is 14.3 Å². The second-order valence-corrected chi connectivity index (χ2v) is 8.79. The number of ether oxygens (including phenoxy) is 2. The Balaban J connectivity index is 1.38. The van der Waals surface area contributed by atoms with Crippen molar-refractivity contribution in [1.82, 2.24) is 0 Å². The number of rotatable bonds is 5. The van der Waals surface area contributed by atoms with E-state index in [4.69, 9.17) is 9.47 Å². The van der Waals surface area contributed by atoms with Crippen LogP contribution in [0.15, 0.2) is 60.7 Å². The summed E-state index contributed by atoms with van der Waals surface area (Å²) in [5.41, 5.74) is 1.97. The third-order valence-corrected chi connectivity index (χ3v) is 6.63. The Morgan fingerprint density at radius 1 is 1.16 bits per heavy atom. The van der Waals surface area contributed by atoms with Crippen molar-refractivity contribution in [2.24, 2.45) is 11.8 Å². The molecule has 6 nitrogen and oxygen atoms in total. The quantitative estimate of drug-likeness (QED) is 0.751. The van der Waals surface area contributed by atoms with E-state index in [2.05, 4.69) is 19.2 Å². The highest BCUT2D eigenvalue weighted by Crippen LogP contribution is 2.52. The zero-order chi connectivity index (χ0) is 21.8. The molecule has 0 saturated carbocycles. The Bertz CT molecular complexity index is 1040. The molecule has 1 spiro atoms. The largest absolute Gasteiger partial charge is 0.497 e. The second kappa shape index (κ2) is 7.24. The molecule has 0 unspecified atom stereocenters. The lowest BCUT2D eigenvalue weighted by Crippen LogP contribution is -2.41. The first-order valence-corrected chi connectivity index (χ1v) is 10.7. The molecule has 2 fully saturated rings. The zero-order valence-corrected chi connectivity index (χ0v) is 17.9. The van der Waals surface area contributed by atoms with Gasteiger partial charge in [-0.2, -0.15) is 0 Å². The number of anilines is 2. The summed E-state index contributed by atoms with van der Waals surface area (Å²) in [6, 6.07) is 15.2. The van der Waals surface area contributed by atoms with Gasteiger partial charge in [0.05, 0.1) is 31.6 Å². The van der Waals surface area contributed by atoms with Gasteiger partial charge in [0, 0.05) is 11.4 Å². The van der Waals surface area contributed by atoms with Crippen molar-refractivity contribution in [2.45, 2.75) is 31.5 Å². The summed E-state index contributed by atoms with van der Waals surface area (Å²) >= 11 is 0. The van der Waals surface area contributed by atoms with Crippen molar-refractivity contribution in [3.05, 3.63) is 66.2 Å². The molecular weight excluding hydrogens is 392 g/mol. The predicted octanol–water partition coefficient (Wildman–Crippen LogP) is 3.74. The van der Waals surface area contributed by atoms with E-state index in [1.165, 1.54) is 5.56 Å². The number of benzene rings is 2. The molecule has 31 heavy (non-hydrogen) atoms. The Morgan fingerprint density at radius 2 is 1.87 bits per heavy atom. The first-order chi connectivity index (χ1) is 14.9. The molecule has 1 N–H and O–H groups in total. The maximum absolute atomic E-state index is 13.4. The monoisotopic (exact) mass is 418 g/mol. The summed E-state index contributed by atoms with van der Waals surface area (Å²) in [7, 11) is 1.61. The summed E-state index contributed by atoms with van der Waals surface area (Å²) in [5, 5.41) is 2.99. The van der Waals surface area contributed by atoms with Gasteiger partial charge < -0.3 is 19.7 Å². The average Bonchev–Trinajstić information content (AvgIpc) is 3.42. The minimum Gasteiger partial charge on any atom is -0.497 e. The SMILES string of the molecule is COc1ccc(N2C[C@@]34C=C[C@@H](O3)[C@H](C(=O)Nc3ccc(C(C)C)cc3)[C@@H]4C2=O)cc1. The fourth-order valence-electron chi connectivity index (χ4n) is 4.96. The predicted molar refractivity (Wildman–Crippen MR) is 118 cm³/mol. The van der Waals surface area contributed by atoms with Gasteiger partial charge >= 0.3 is 0 Å². The Hall–Kier alpha value is -3.12. The van der Waals surface area contributed by atoms with E-state index < -0.39 is 17.4 Å². The van der Waals surface area contributed by atoms with Crippen LogP contribution in [0.25, 0.3) is 0 Å². The highest BCUT2D eigenvalue weighted by molar-refractivity contribution is 6.05. The van der Waals surface area contributed by atoms with E-state index >= 15 is 0 Å². The lowest BCUT2D eigenvalue weighted by Gasteiger charge is -2.23. The van der Waals surface area contributed by atoms with E-state index in [0.717, 1.165) is 17.1 Å². The Labute approximate surface area is 181 Å². The molecule has 0 aromatic heterocycles. The van der Waals surface area contributed by atoms with Gasteiger partial charge in [-0.25, -0.2) is 0 Å². The molecule has 0 aliphatic carbocycles. The molecule has 4 atom stereocenters. The van der Waals surface area contributed by atoms with Crippen LogP contribution in [-0.4, -0.2) is 37.2 Å². The number of carbonyl (C=O) groups excluding carboxylic acids is 2. The van der Waals surface area contributed by atoms with Crippen LogP contribution in [0.3, 0.4) is 0 Å². The fourth-order valence-corrected chi connectivity index (χ4v) is 4.96. The van der Waals surface area contributed by atoms with Gasteiger partial charge in [0.2, 0.25) is 11.8 Å². The van der Waals surface area contributed by atoms with E-state index in [-0.39, 0.29) is 17.9 Å². The van der Waals surface area contributed by atoms with Crippen molar-refractivity contribution in [1.29, 1.82) is 0 Å². The molecule has 2 saturated heterocycles. The molecule has 5 rings (SSSR count). The van der Waals surface area contributed by atoms with Crippen molar-refractivity contribution in [2.75, 3.05) is 23.9 Å². The lowest BCUT2D eigenvalue weighted by molar-refractivity contribution is -0.128. The number of hydrogen-bond acceptors (Lipinski definition) is 4. The van der Waals surface area contributed by atoms with Crippen LogP contribution < -0.4 is 15.0 Å².